The quantitative estimate of drug-likeness (QED) is 0.880. The van der Waals surface area contributed by atoms with E-state index < -0.39 is 0 Å². The Bertz CT molecular complexity index is 667. The smallest absolute Gasteiger partial charge is 0.251 e. The maximum absolute atomic E-state index is 11.8. The van der Waals surface area contributed by atoms with E-state index in [4.69, 9.17) is 14.2 Å². The first-order valence-electron chi connectivity index (χ1n) is 6.58. The van der Waals surface area contributed by atoms with E-state index in [0.717, 1.165) is 5.56 Å². The first-order valence-corrected chi connectivity index (χ1v) is 6.58. The van der Waals surface area contributed by atoms with E-state index in [1.54, 1.807) is 26.4 Å². The average Bonchev–Trinajstić information content (AvgIpc) is 2.51. The summed E-state index contributed by atoms with van der Waals surface area (Å²) in [6, 6.07) is 6.78. The highest BCUT2D eigenvalue weighted by Gasteiger charge is 2.11. The molecule has 0 radical (unpaired) electrons. The summed E-state index contributed by atoms with van der Waals surface area (Å²) in [5.41, 5.74) is 1.03. The van der Waals surface area contributed by atoms with Gasteiger partial charge in [0.25, 0.3) is 5.56 Å². The van der Waals surface area contributed by atoms with Crippen molar-refractivity contribution in [3.63, 3.8) is 0 Å². The van der Waals surface area contributed by atoms with Gasteiger partial charge in [-0.05, 0) is 19.1 Å². The first kappa shape index (κ1) is 15.1. The molecule has 0 aliphatic carbocycles. The lowest BCUT2D eigenvalue weighted by Gasteiger charge is -2.10. The minimum absolute atomic E-state index is 0.229. The van der Waals surface area contributed by atoms with Gasteiger partial charge in [-0.25, -0.2) is 4.98 Å². The molecule has 2 aromatic rings. The normalized spacial score (nSPS) is 10.4. The van der Waals surface area contributed by atoms with Crippen molar-refractivity contribution >= 4 is 0 Å². The number of nitrogens with one attached hydrogen (secondary N) is 1. The zero-order chi connectivity index (χ0) is 15.2. The largest absolute Gasteiger partial charge is 0.497 e. The van der Waals surface area contributed by atoms with Crippen molar-refractivity contribution in [1.82, 2.24) is 9.97 Å². The summed E-state index contributed by atoms with van der Waals surface area (Å²) in [6.07, 6.45) is 0. The van der Waals surface area contributed by atoms with Crippen LogP contribution in [0.4, 0.5) is 0 Å². The topological polar surface area (TPSA) is 73.4 Å². The molecule has 0 amide bonds. The molecule has 0 saturated carbocycles. The third-order valence-electron chi connectivity index (χ3n) is 2.92. The van der Waals surface area contributed by atoms with Crippen LogP contribution < -0.4 is 15.0 Å². The molecule has 0 saturated heterocycles. The van der Waals surface area contributed by atoms with Gasteiger partial charge in [-0.15, -0.1) is 0 Å². The molecule has 0 aliphatic rings. The lowest BCUT2D eigenvalue weighted by atomic mass is 10.1. The summed E-state index contributed by atoms with van der Waals surface area (Å²) in [5.74, 6) is 1.75. The van der Waals surface area contributed by atoms with Gasteiger partial charge in [0, 0.05) is 24.3 Å². The summed E-state index contributed by atoms with van der Waals surface area (Å²) < 4.78 is 15.8. The van der Waals surface area contributed by atoms with Crippen molar-refractivity contribution in [2.24, 2.45) is 0 Å². The van der Waals surface area contributed by atoms with Crippen LogP contribution in [0.15, 0.2) is 29.1 Å². The number of methoxy groups -OCH3 is 2. The van der Waals surface area contributed by atoms with Gasteiger partial charge in [-0.2, -0.15) is 0 Å². The van der Waals surface area contributed by atoms with Gasteiger partial charge in [0.15, 0.2) is 0 Å². The fraction of sp³-hybridized carbons (Fsp3) is 0.333. The summed E-state index contributed by atoms with van der Waals surface area (Å²) in [6.45, 7) is 2.70. The molecule has 0 spiro atoms. The van der Waals surface area contributed by atoms with E-state index in [1.807, 2.05) is 13.0 Å². The number of nitrogens with zero attached hydrogens (tertiary/aromatic N) is 1. The number of H-pyrrole nitrogens is 1. The van der Waals surface area contributed by atoms with Gasteiger partial charge in [0.05, 0.1) is 19.9 Å². The molecule has 0 unspecified atom stereocenters. The van der Waals surface area contributed by atoms with Gasteiger partial charge < -0.3 is 19.2 Å². The number of aromatic nitrogens is 2. The van der Waals surface area contributed by atoms with Crippen molar-refractivity contribution in [2.75, 3.05) is 20.8 Å². The van der Waals surface area contributed by atoms with Gasteiger partial charge in [-0.1, -0.05) is 0 Å². The molecular weight excluding hydrogens is 272 g/mol. The van der Waals surface area contributed by atoms with Gasteiger partial charge >= 0.3 is 0 Å². The number of benzene rings is 1. The molecule has 1 aromatic carbocycles. The van der Waals surface area contributed by atoms with E-state index in [1.165, 1.54) is 6.07 Å². The van der Waals surface area contributed by atoms with Crippen molar-refractivity contribution in [2.45, 2.75) is 13.5 Å². The van der Waals surface area contributed by atoms with E-state index in [-0.39, 0.29) is 12.2 Å². The number of rotatable bonds is 6. The molecule has 0 fully saturated rings. The maximum atomic E-state index is 11.8. The molecular formula is C15H18N2O4. The fourth-order valence-electron chi connectivity index (χ4n) is 1.92. The summed E-state index contributed by atoms with van der Waals surface area (Å²) >= 11 is 0. The summed E-state index contributed by atoms with van der Waals surface area (Å²) in [5, 5.41) is 0. The highest BCUT2D eigenvalue weighted by molar-refractivity contribution is 5.68. The molecule has 21 heavy (non-hydrogen) atoms. The Morgan fingerprint density at radius 3 is 2.67 bits per heavy atom. The van der Waals surface area contributed by atoms with Gasteiger partial charge in [0.2, 0.25) is 0 Å². The Morgan fingerprint density at radius 2 is 2.00 bits per heavy atom. The first-order chi connectivity index (χ1) is 10.2. The van der Waals surface area contributed by atoms with Crippen LogP contribution in [-0.2, 0) is 11.3 Å². The van der Waals surface area contributed by atoms with Gasteiger partial charge in [-0.3, -0.25) is 4.79 Å². The monoisotopic (exact) mass is 290 g/mol. The summed E-state index contributed by atoms with van der Waals surface area (Å²) in [4.78, 5) is 18.8. The average molecular weight is 290 g/mol. The van der Waals surface area contributed by atoms with Crippen LogP contribution in [0, 0.1) is 0 Å². The zero-order valence-corrected chi connectivity index (χ0v) is 12.3. The molecule has 6 nitrogen and oxygen atoms in total. The lowest BCUT2D eigenvalue weighted by Crippen LogP contribution is -2.12. The van der Waals surface area contributed by atoms with Crippen LogP contribution >= 0.6 is 0 Å². The Kier molecular flexibility index (Phi) is 4.94. The Hall–Kier alpha value is -2.34. The molecule has 0 atom stereocenters. The predicted molar refractivity (Wildman–Crippen MR) is 78.7 cm³/mol. The molecule has 1 N–H and O–H groups in total. The Labute approximate surface area is 122 Å². The molecule has 6 heteroatoms. The predicted octanol–water partition coefficient (Wildman–Crippen LogP) is 1.99. The molecule has 0 aliphatic heterocycles. The van der Waals surface area contributed by atoms with Crippen LogP contribution in [0.3, 0.4) is 0 Å². The van der Waals surface area contributed by atoms with Crippen LogP contribution in [0.25, 0.3) is 11.3 Å². The SMILES string of the molecule is CCOCc1nc(-c2ccc(OC)cc2OC)cc(=O)[nH]1. The molecule has 1 aromatic heterocycles. The highest BCUT2D eigenvalue weighted by Crippen LogP contribution is 2.31. The van der Waals surface area contributed by atoms with Crippen LogP contribution in [-0.4, -0.2) is 30.8 Å². The second-order valence-corrected chi connectivity index (χ2v) is 4.28. The minimum atomic E-state index is -0.229. The Balaban J connectivity index is 2.45. The zero-order valence-electron chi connectivity index (χ0n) is 12.3. The molecule has 0 bridgehead atoms. The van der Waals surface area contributed by atoms with Crippen molar-refractivity contribution in [3.05, 3.63) is 40.4 Å². The highest BCUT2D eigenvalue weighted by atomic mass is 16.5. The fourth-order valence-corrected chi connectivity index (χ4v) is 1.92. The third-order valence-corrected chi connectivity index (χ3v) is 2.92. The summed E-state index contributed by atoms with van der Waals surface area (Å²) in [7, 11) is 3.15. The Morgan fingerprint density at radius 1 is 1.19 bits per heavy atom. The van der Waals surface area contributed by atoms with Crippen molar-refractivity contribution < 1.29 is 14.2 Å². The standard InChI is InChI=1S/C15H18N2O4/c1-4-21-9-14-16-12(8-15(18)17-14)11-6-5-10(19-2)7-13(11)20-3/h5-8H,4,9H2,1-3H3,(H,16,17,18). The van der Waals surface area contributed by atoms with Crippen LogP contribution in [0.1, 0.15) is 12.7 Å². The third kappa shape index (κ3) is 3.61. The molecule has 1 heterocycles. The van der Waals surface area contributed by atoms with Crippen molar-refractivity contribution in [1.29, 1.82) is 0 Å². The minimum Gasteiger partial charge on any atom is -0.497 e. The van der Waals surface area contributed by atoms with Crippen molar-refractivity contribution in [3.8, 4) is 22.8 Å². The van der Waals surface area contributed by atoms with E-state index >= 15 is 0 Å². The van der Waals surface area contributed by atoms with E-state index in [0.29, 0.717) is 29.6 Å². The maximum Gasteiger partial charge on any atom is 0.251 e. The number of hydrogen-bond donors (Lipinski definition) is 1. The molecule has 112 valence electrons. The number of hydrogen-bond acceptors (Lipinski definition) is 5. The second kappa shape index (κ2) is 6.90. The number of aromatic amines is 1. The van der Waals surface area contributed by atoms with Crippen LogP contribution in [0.5, 0.6) is 11.5 Å². The van der Waals surface area contributed by atoms with E-state index in [9.17, 15) is 4.79 Å². The van der Waals surface area contributed by atoms with Crippen LogP contribution in [0.2, 0.25) is 0 Å². The molecule has 2 rings (SSSR count). The van der Waals surface area contributed by atoms with Gasteiger partial charge in [0.1, 0.15) is 23.9 Å². The van der Waals surface area contributed by atoms with E-state index in [2.05, 4.69) is 9.97 Å². The lowest BCUT2D eigenvalue weighted by molar-refractivity contribution is 0.128. The number of ether oxygens (including phenoxy) is 3. The second-order valence-electron chi connectivity index (χ2n) is 4.28.